The molecule has 0 bridgehead atoms. The number of hydrogen-bond acceptors (Lipinski definition) is 4. The normalized spacial score (nSPS) is 18.0. The van der Waals surface area contributed by atoms with Crippen LogP contribution in [-0.2, 0) is 0 Å². The summed E-state index contributed by atoms with van der Waals surface area (Å²) in [6.07, 6.45) is -4.14. The summed E-state index contributed by atoms with van der Waals surface area (Å²) in [5, 5.41) is 12.1. The van der Waals surface area contributed by atoms with E-state index in [-0.39, 0.29) is 23.7 Å². The summed E-state index contributed by atoms with van der Waals surface area (Å²) < 4.78 is 42.2. The fraction of sp³-hybridized carbons (Fsp3) is 0.600. The number of ether oxygens (including phenoxy) is 1. The topological polar surface area (TPSA) is 71.5 Å². The van der Waals surface area contributed by atoms with Crippen molar-refractivity contribution in [1.82, 2.24) is 10.3 Å². The molecule has 1 atom stereocenters. The smallest absolute Gasteiger partial charge is 0.425 e. The van der Waals surface area contributed by atoms with Gasteiger partial charge in [0.25, 0.3) is 5.91 Å². The second-order valence-corrected chi connectivity index (χ2v) is 5.83. The SMILES string of the molecule is Cc1nc(OC(C)C(F)(F)F)ccc1C(=O)NC1(CO)CCC1. The number of carbonyl (C=O) groups is 1. The van der Waals surface area contributed by atoms with E-state index in [1.165, 1.54) is 19.1 Å². The second-order valence-electron chi connectivity index (χ2n) is 5.83. The van der Waals surface area contributed by atoms with Crippen LogP contribution in [0.3, 0.4) is 0 Å². The van der Waals surface area contributed by atoms with Crippen LogP contribution in [0.25, 0.3) is 0 Å². The zero-order valence-electron chi connectivity index (χ0n) is 12.9. The highest BCUT2D eigenvalue weighted by Gasteiger charge is 2.39. The van der Waals surface area contributed by atoms with E-state index in [0.29, 0.717) is 12.8 Å². The molecule has 0 spiro atoms. The molecule has 1 aromatic rings. The first kappa shape index (κ1) is 17.5. The number of aliphatic hydroxyl groups is 1. The number of alkyl halides is 3. The molecule has 1 saturated carbocycles. The fourth-order valence-electron chi connectivity index (χ4n) is 2.33. The monoisotopic (exact) mass is 332 g/mol. The molecule has 1 aliphatic carbocycles. The van der Waals surface area contributed by atoms with E-state index in [1.54, 1.807) is 0 Å². The third-order valence-electron chi connectivity index (χ3n) is 4.06. The molecule has 1 aliphatic rings. The standard InChI is InChI=1S/C15H19F3N2O3/c1-9-11(13(22)20-14(8-21)6-3-7-14)4-5-12(19-9)23-10(2)15(16,17)18/h4-5,10,21H,3,6-8H2,1-2H3,(H,20,22). The van der Waals surface area contributed by atoms with Gasteiger partial charge in [-0.1, -0.05) is 0 Å². The van der Waals surface area contributed by atoms with Gasteiger partial charge in [-0.3, -0.25) is 4.79 Å². The highest BCUT2D eigenvalue weighted by atomic mass is 19.4. The average molecular weight is 332 g/mol. The van der Waals surface area contributed by atoms with Gasteiger partial charge in [0.15, 0.2) is 6.10 Å². The molecular weight excluding hydrogens is 313 g/mol. The molecule has 8 heteroatoms. The molecule has 0 aliphatic heterocycles. The quantitative estimate of drug-likeness (QED) is 0.868. The largest absolute Gasteiger partial charge is 0.465 e. The van der Waals surface area contributed by atoms with Crippen LogP contribution in [0.2, 0.25) is 0 Å². The van der Waals surface area contributed by atoms with Crippen molar-refractivity contribution in [2.45, 2.75) is 50.9 Å². The van der Waals surface area contributed by atoms with Crippen LogP contribution in [-0.4, -0.2) is 40.4 Å². The van der Waals surface area contributed by atoms with Gasteiger partial charge in [0.2, 0.25) is 5.88 Å². The van der Waals surface area contributed by atoms with E-state index in [1.807, 2.05) is 0 Å². The first-order chi connectivity index (χ1) is 10.7. The molecule has 2 N–H and O–H groups in total. The number of aryl methyl sites for hydroxylation is 1. The number of nitrogens with one attached hydrogen (secondary N) is 1. The van der Waals surface area contributed by atoms with Crippen molar-refractivity contribution < 1.29 is 27.8 Å². The number of amides is 1. The maximum Gasteiger partial charge on any atom is 0.425 e. The maximum atomic E-state index is 12.5. The lowest BCUT2D eigenvalue weighted by atomic mass is 9.77. The zero-order chi connectivity index (χ0) is 17.3. The maximum absolute atomic E-state index is 12.5. The predicted molar refractivity (Wildman–Crippen MR) is 76.3 cm³/mol. The van der Waals surface area contributed by atoms with Crippen LogP contribution in [0.15, 0.2) is 12.1 Å². The van der Waals surface area contributed by atoms with Crippen LogP contribution < -0.4 is 10.1 Å². The Balaban J connectivity index is 2.08. The Morgan fingerprint density at radius 3 is 2.57 bits per heavy atom. The minimum Gasteiger partial charge on any atom is -0.465 e. The number of pyridine rings is 1. The lowest BCUT2D eigenvalue weighted by Gasteiger charge is -2.41. The van der Waals surface area contributed by atoms with Gasteiger partial charge < -0.3 is 15.2 Å². The van der Waals surface area contributed by atoms with E-state index in [2.05, 4.69) is 10.3 Å². The molecule has 0 aromatic carbocycles. The van der Waals surface area contributed by atoms with Crippen molar-refractivity contribution in [1.29, 1.82) is 0 Å². The molecule has 23 heavy (non-hydrogen) atoms. The van der Waals surface area contributed by atoms with E-state index in [4.69, 9.17) is 4.74 Å². The van der Waals surface area contributed by atoms with Crippen LogP contribution in [0, 0.1) is 6.92 Å². The molecule has 1 unspecified atom stereocenters. The number of carbonyl (C=O) groups excluding carboxylic acids is 1. The first-order valence-electron chi connectivity index (χ1n) is 7.31. The Kier molecular flexibility index (Phi) is 4.84. The van der Waals surface area contributed by atoms with Gasteiger partial charge in [-0.15, -0.1) is 0 Å². The Hall–Kier alpha value is -1.83. The number of halogens is 3. The minimum absolute atomic E-state index is 0.143. The summed E-state index contributed by atoms with van der Waals surface area (Å²) in [6, 6.07) is 2.61. The summed E-state index contributed by atoms with van der Waals surface area (Å²) in [5.74, 6) is -0.594. The second kappa shape index (κ2) is 6.35. The summed E-state index contributed by atoms with van der Waals surface area (Å²) in [7, 11) is 0. The Morgan fingerprint density at radius 1 is 1.48 bits per heavy atom. The molecule has 0 saturated heterocycles. The van der Waals surface area contributed by atoms with Gasteiger partial charge >= 0.3 is 6.18 Å². The van der Waals surface area contributed by atoms with Gasteiger partial charge in [-0.05, 0) is 39.2 Å². The summed E-state index contributed by atoms with van der Waals surface area (Å²) in [5.41, 5.74) is -0.0812. The predicted octanol–water partition coefficient (Wildman–Crippen LogP) is 2.36. The third kappa shape index (κ3) is 3.93. The van der Waals surface area contributed by atoms with Gasteiger partial charge in [0.1, 0.15) is 0 Å². The molecule has 2 rings (SSSR count). The minimum atomic E-state index is -4.48. The number of nitrogens with zero attached hydrogens (tertiary/aromatic N) is 1. The molecule has 1 amide bonds. The molecular formula is C15H19F3N2O3. The van der Waals surface area contributed by atoms with Crippen molar-refractivity contribution in [3.63, 3.8) is 0 Å². The van der Waals surface area contributed by atoms with E-state index >= 15 is 0 Å². The van der Waals surface area contributed by atoms with Crippen LogP contribution in [0.4, 0.5) is 13.2 Å². The Bertz CT molecular complexity index is 580. The number of aromatic nitrogens is 1. The summed E-state index contributed by atoms with van der Waals surface area (Å²) >= 11 is 0. The van der Waals surface area contributed by atoms with Crippen molar-refractivity contribution in [2.75, 3.05) is 6.61 Å². The molecule has 0 radical (unpaired) electrons. The van der Waals surface area contributed by atoms with Gasteiger partial charge in [-0.2, -0.15) is 13.2 Å². The zero-order valence-corrected chi connectivity index (χ0v) is 12.9. The third-order valence-corrected chi connectivity index (χ3v) is 4.06. The van der Waals surface area contributed by atoms with E-state index in [9.17, 15) is 23.1 Å². The lowest BCUT2D eigenvalue weighted by Crippen LogP contribution is -2.56. The molecule has 5 nitrogen and oxygen atoms in total. The molecule has 1 heterocycles. The Morgan fingerprint density at radius 2 is 2.13 bits per heavy atom. The van der Waals surface area contributed by atoms with Crippen LogP contribution >= 0.6 is 0 Å². The number of hydrogen-bond donors (Lipinski definition) is 2. The number of rotatable bonds is 5. The van der Waals surface area contributed by atoms with E-state index < -0.39 is 23.7 Å². The van der Waals surface area contributed by atoms with E-state index in [0.717, 1.165) is 13.3 Å². The highest BCUT2D eigenvalue weighted by molar-refractivity contribution is 5.95. The molecule has 1 aromatic heterocycles. The average Bonchev–Trinajstić information content (AvgIpc) is 2.41. The summed E-state index contributed by atoms with van der Waals surface area (Å²) in [6.45, 7) is 2.27. The van der Waals surface area contributed by atoms with Crippen molar-refractivity contribution in [2.24, 2.45) is 0 Å². The van der Waals surface area contributed by atoms with Gasteiger partial charge in [0, 0.05) is 6.07 Å². The highest BCUT2D eigenvalue weighted by Crippen LogP contribution is 2.31. The summed E-state index contributed by atoms with van der Waals surface area (Å²) in [4.78, 5) is 16.1. The van der Waals surface area contributed by atoms with Crippen LogP contribution in [0.5, 0.6) is 5.88 Å². The van der Waals surface area contributed by atoms with Crippen molar-refractivity contribution in [3.8, 4) is 5.88 Å². The fourth-order valence-corrected chi connectivity index (χ4v) is 2.33. The Labute approximate surface area is 131 Å². The van der Waals surface area contributed by atoms with Gasteiger partial charge in [-0.25, -0.2) is 4.98 Å². The molecule has 128 valence electrons. The molecule has 1 fully saturated rings. The van der Waals surface area contributed by atoms with Gasteiger partial charge in [0.05, 0.1) is 23.4 Å². The van der Waals surface area contributed by atoms with Crippen molar-refractivity contribution in [3.05, 3.63) is 23.4 Å². The first-order valence-corrected chi connectivity index (χ1v) is 7.31. The lowest BCUT2D eigenvalue weighted by molar-refractivity contribution is -0.190. The van der Waals surface area contributed by atoms with Crippen LogP contribution in [0.1, 0.15) is 42.2 Å². The number of aliphatic hydroxyl groups excluding tert-OH is 1. The van der Waals surface area contributed by atoms with Crippen molar-refractivity contribution >= 4 is 5.91 Å².